The highest BCUT2D eigenvalue weighted by atomic mass is 16.5. The van der Waals surface area contributed by atoms with E-state index in [1.165, 1.54) is 0 Å². The molecule has 0 aromatic heterocycles. The lowest BCUT2D eigenvalue weighted by Crippen LogP contribution is -2.52. The number of hydrogen-bond donors (Lipinski definition) is 2. The van der Waals surface area contributed by atoms with E-state index in [1.807, 2.05) is 0 Å². The van der Waals surface area contributed by atoms with Crippen molar-refractivity contribution in [3.05, 3.63) is 0 Å². The number of nitrogens with two attached hydrogens (primary N) is 1. The number of carboxylic acids is 1. The van der Waals surface area contributed by atoms with Crippen molar-refractivity contribution in [3.63, 3.8) is 0 Å². The Balaban J connectivity index is 2.59. The van der Waals surface area contributed by atoms with Gasteiger partial charge in [0.25, 0.3) is 0 Å². The molecule has 1 aliphatic rings. The molecule has 0 aromatic carbocycles. The Bertz CT molecular complexity index is 173. The van der Waals surface area contributed by atoms with Gasteiger partial charge >= 0.3 is 5.97 Å². The van der Waals surface area contributed by atoms with E-state index in [4.69, 9.17) is 15.6 Å². The van der Waals surface area contributed by atoms with Crippen LogP contribution in [0.5, 0.6) is 0 Å². The molecule has 1 fully saturated rings. The summed E-state index contributed by atoms with van der Waals surface area (Å²) in [7, 11) is 0. The number of rotatable bonds is 2. The molecule has 1 rings (SSSR count). The third-order valence-electron chi connectivity index (χ3n) is 2.53. The third kappa shape index (κ3) is 1.76. The van der Waals surface area contributed by atoms with Gasteiger partial charge in [-0.25, -0.2) is 0 Å². The number of carbonyl (C=O) groups is 1. The zero-order chi connectivity index (χ0) is 9.19. The predicted octanol–water partition coefficient (Wildman–Crippen LogP) is 0.215. The largest absolute Gasteiger partial charge is 0.480 e. The minimum Gasteiger partial charge on any atom is -0.480 e. The van der Waals surface area contributed by atoms with E-state index in [9.17, 15) is 4.79 Å². The first-order chi connectivity index (χ1) is 5.55. The first-order valence-corrected chi connectivity index (χ1v) is 4.15. The quantitative estimate of drug-likeness (QED) is 0.626. The second-order valence-corrected chi connectivity index (χ2v) is 3.47. The maximum atomic E-state index is 10.8. The molecule has 0 radical (unpaired) electrons. The molecular weight excluding hydrogens is 158 g/mol. The summed E-state index contributed by atoms with van der Waals surface area (Å²) in [6, 6.07) is 0. The van der Waals surface area contributed by atoms with Gasteiger partial charge in [-0.3, -0.25) is 4.79 Å². The molecule has 1 atom stereocenters. The Kier molecular flexibility index (Phi) is 2.69. The van der Waals surface area contributed by atoms with Gasteiger partial charge in [-0.2, -0.15) is 0 Å². The van der Waals surface area contributed by atoms with Crippen LogP contribution in [0, 0.1) is 5.92 Å². The van der Waals surface area contributed by atoms with Gasteiger partial charge in [-0.15, -0.1) is 0 Å². The monoisotopic (exact) mass is 173 g/mol. The minimum absolute atomic E-state index is 0.0451. The van der Waals surface area contributed by atoms with Crippen molar-refractivity contribution in [1.82, 2.24) is 0 Å². The highest BCUT2D eigenvalue weighted by Gasteiger charge is 2.38. The van der Waals surface area contributed by atoms with Gasteiger partial charge in [-0.1, -0.05) is 0 Å². The molecule has 1 aliphatic heterocycles. The standard InChI is InChI=1S/C8H15NO3/c1-8(9,7(10)11)6-2-4-12-5-3-6/h6H,2-5,9H2,1H3,(H,10,11)/t8-/m0/s1. The summed E-state index contributed by atoms with van der Waals surface area (Å²) < 4.78 is 5.13. The van der Waals surface area contributed by atoms with Crippen LogP contribution in [0.4, 0.5) is 0 Å². The van der Waals surface area contributed by atoms with Crippen LogP contribution < -0.4 is 5.73 Å². The molecule has 3 N–H and O–H groups in total. The van der Waals surface area contributed by atoms with Crippen molar-refractivity contribution in [2.45, 2.75) is 25.3 Å². The van der Waals surface area contributed by atoms with Crippen LogP contribution in [0.3, 0.4) is 0 Å². The Morgan fingerprint density at radius 2 is 2.08 bits per heavy atom. The second-order valence-electron chi connectivity index (χ2n) is 3.47. The summed E-state index contributed by atoms with van der Waals surface area (Å²) in [5, 5.41) is 8.83. The normalized spacial score (nSPS) is 24.8. The smallest absolute Gasteiger partial charge is 0.323 e. The zero-order valence-electron chi connectivity index (χ0n) is 7.25. The van der Waals surface area contributed by atoms with E-state index in [0.717, 1.165) is 12.8 Å². The van der Waals surface area contributed by atoms with Gasteiger partial charge in [-0.05, 0) is 25.7 Å². The van der Waals surface area contributed by atoms with Crippen LogP contribution in [0.1, 0.15) is 19.8 Å². The zero-order valence-corrected chi connectivity index (χ0v) is 7.25. The van der Waals surface area contributed by atoms with Crippen molar-refractivity contribution in [2.24, 2.45) is 11.7 Å². The number of ether oxygens (including phenoxy) is 1. The lowest BCUT2D eigenvalue weighted by atomic mass is 9.81. The van der Waals surface area contributed by atoms with Gasteiger partial charge < -0.3 is 15.6 Å². The topological polar surface area (TPSA) is 72.6 Å². The molecule has 0 bridgehead atoms. The third-order valence-corrected chi connectivity index (χ3v) is 2.53. The van der Waals surface area contributed by atoms with E-state index >= 15 is 0 Å². The molecule has 4 nitrogen and oxygen atoms in total. The van der Waals surface area contributed by atoms with Gasteiger partial charge in [0.1, 0.15) is 5.54 Å². The molecule has 1 saturated heterocycles. The van der Waals surface area contributed by atoms with Crippen LogP contribution >= 0.6 is 0 Å². The maximum Gasteiger partial charge on any atom is 0.323 e. The van der Waals surface area contributed by atoms with Gasteiger partial charge in [0.15, 0.2) is 0 Å². The van der Waals surface area contributed by atoms with Crippen molar-refractivity contribution >= 4 is 5.97 Å². The fraction of sp³-hybridized carbons (Fsp3) is 0.875. The Hall–Kier alpha value is -0.610. The molecule has 0 aromatic rings. The lowest BCUT2D eigenvalue weighted by Gasteiger charge is -2.32. The van der Waals surface area contributed by atoms with Crippen molar-refractivity contribution in [3.8, 4) is 0 Å². The molecule has 0 saturated carbocycles. The summed E-state index contributed by atoms with van der Waals surface area (Å²) >= 11 is 0. The first-order valence-electron chi connectivity index (χ1n) is 4.15. The molecule has 4 heteroatoms. The highest BCUT2D eigenvalue weighted by Crippen LogP contribution is 2.25. The van der Waals surface area contributed by atoms with Crippen LogP contribution in [0.15, 0.2) is 0 Å². The predicted molar refractivity (Wildman–Crippen MR) is 43.8 cm³/mol. The van der Waals surface area contributed by atoms with E-state index < -0.39 is 11.5 Å². The molecule has 70 valence electrons. The van der Waals surface area contributed by atoms with Crippen LogP contribution in [0.2, 0.25) is 0 Å². The van der Waals surface area contributed by atoms with Crippen molar-refractivity contribution in [1.29, 1.82) is 0 Å². The van der Waals surface area contributed by atoms with Crippen molar-refractivity contribution in [2.75, 3.05) is 13.2 Å². The number of aliphatic carboxylic acids is 1. The average molecular weight is 173 g/mol. The van der Waals surface area contributed by atoms with Crippen molar-refractivity contribution < 1.29 is 14.6 Å². The SMILES string of the molecule is C[C@@](N)(C(=O)O)C1CCOCC1. The summed E-state index contributed by atoms with van der Waals surface area (Å²) in [6.07, 6.45) is 1.50. The summed E-state index contributed by atoms with van der Waals surface area (Å²) in [5.41, 5.74) is 4.59. The maximum absolute atomic E-state index is 10.8. The Morgan fingerprint density at radius 3 is 2.50 bits per heavy atom. The molecule has 0 unspecified atom stereocenters. The summed E-state index contributed by atoms with van der Waals surface area (Å²) in [5.74, 6) is -0.877. The number of carboxylic acid groups (broad SMARTS) is 1. The molecule has 0 spiro atoms. The van der Waals surface area contributed by atoms with E-state index in [1.54, 1.807) is 6.92 Å². The van der Waals surface area contributed by atoms with Crippen LogP contribution in [0.25, 0.3) is 0 Å². The fourth-order valence-electron chi connectivity index (χ4n) is 1.47. The molecule has 0 aliphatic carbocycles. The molecule has 12 heavy (non-hydrogen) atoms. The van der Waals surface area contributed by atoms with Crippen LogP contribution in [-0.2, 0) is 9.53 Å². The highest BCUT2D eigenvalue weighted by molar-refractivity contribution is 5.78. The van der Waals surface area contributed by atoms with E-state index in [2.05, 4.69) is 0 Å². The lowest BCUT2D eigenvalue weighted by molar-refractivity contribution is -0.146. The van der Waals surface area contributed by atoms with E-state index in [-0.39, 0.29) is 5.92 Å². The molecule has 0 amide bonds. The minimum atomic E-state index is -1.09. The molecule has 1 heterocycles. The van der Waals surface area contributed by atoms with E-state index in [0.29, 0.717) is 13.2 Å². The van der Waals surface area contributed by atoms with Gasteiger partial charge in [0.2, 0.25) is 0 Å². The second kappa shape index (κ2) is 3.41. The number of hydrogen-bond acceptors (Lipinski definition) is 3. The Labute approximate surface area is 71.7 Å². The van der Waals surface area contributed by atoms with Crippen LogP contribution in [-0.4, -0.2) is 29.8 Å². The fourth-order valence-corrected chi connectivity index (χ4v) is 1.47. The van der Waals surface area contributed by atoms with Gasteiger partial charge in [0.05, 0.1) is 0 Å². The first kappa shape index (κ1) is 9.48. The summed E-state index contributed by atoms with van der Waals surface area (Å²) in [4.78, 5) is 10.8. The summed E-state index contributed by atoms with van der Waals surface area (Å²) in [6.45, 7) is 2.83. The van der Waals surface area contributed by atoms with Gasteiger partial charge in [0, 0.05) is 13.2 Å². The molecular formula is C8H15NO3. The Morgan fingerprint density at radius 1 is 1.58 bits per heavy atom. The average Bonchev–Trinajstić information content (AvgIpc) is 2.06.